The van der Waals surface area contributed by atoms with Gasteiger partial charge in [-0.25, -0.2) is 4.79 Å². The number of hydrogen-bond donors (Lipinski definition) is 0. The molecule has 2 atom stereocenters. The zero-order valence-electron chi connectivity index (χ0n) is 15.8. The lowest BCUT2D eigenvalue weighted by Gasteiger charge is -2.56. The van der Waals surface area contributed by atoms with Crippen molar-refractivity contribution in [2.24, 2.45) is 19.5 Å². The van der Waals surface area contributed by atoms with Crippen LogP contribution in [0.5, 0.6) is 0 Å². The Balaban J connectivity index is 2.25. The molecule has 0 N–H and O–H groups in total. The Morgan fingerprint density at radius 3 is 2.46 bits per heavy atom. The molecule has 1 fully saturated rings. The van der Waals surface area contributed by atoms with Crippen LogP contribution in [0.4, 0.5) is 0 Å². The molecule has 1 aromatic heterocycles. The Kier molecular flexibility index (Phi) is 5.71. The van der Waals surface area contributed by atoms with E-state index in [9.17, 15) is 9.59 Å². The summed E-state index contributed by atoms with van der Waals surface area (Å²) in [6.07, 6.45) is 2.31. The van der Waals surface area contributed by atoms with Gasteiger partial charge < -0.3 is 4.74 Å². The van der Waals surface area contributed by atoms with Crippen molar-refractivity contribution in [2.45, 2.75) is 59.2 Å². The van der Waals surface area contributed by atoms with E-state index in [4.69, 9.17) is 4.74 Å². The fourth-order valence-electron chi connectivity index (χ4n) is 3.74. The number of hydrogen-bond acceptors (Lipinski definition) is 4. The van der Waals surface area contributed by atoms with Crippen molar-refractivity contribution in [3.8, 4) is 0 Å². The molecule has 0 radical (unpaired) electrons. The summed E-state index contributed by atoms with van der Waals surface area (Å²) < 4.78 is 8.57. The van der Waals surface area contributed by atoms with Gasteiger partial charge in [-0.2, -0.15) is 0 Å². The maximum absolute atomic E-state index is 12.2. The van der Waals surface area contributed by atoms with Gasteiger partial charge in [0.25, 0.3) is 5.56 Å². The molecule has 0 spiro atoms. The predicted octanol–water partition coefficient (Wildman–Crippen LogP) is 1.50. The molecule has 0 bridgehead atoms. The van der Waals surface area contributed by atoms with Gasteiger partial charge in [0.05, 0.1) is 6.10 Å². The molecule has 1 saturated carbocycles. The lowest BCUT2D eigenvalue weighted by molar-refractivity contribution is -0.152. The molecule has 1 aromatic rings. The van der Waals surface area contributed by atoms with Crippen molar-refractivity contribution < 1.29 is 4.74 Å². The van der Waals surface area contributed by atoms with E-state index in [2.05, 4.69) is 25.7 Å². The zero-order chi connectivity index (χ0) is 18.1. The van der Waals surface area contributed by atoms with Crippen molar-refractivity contribution in [2.75, 3.05) is 13.2 Å². The SMILES string of the molecule is CCCN(Cc1cc(=O)n(C)c(=O)n1C)[C@H]1C[C@H](OCC)C1(C)C. The van der Waals surface area contributed by atoms with Crippen LogP contribution in [0.25, 0.3) is 0 Å². The number of aromatic nitrogens is 2. The zero-order valence-corrected chi connectivity index (χ0v) is 15.8. The van der Waals surface area contributed by atoms with Gasteiger partial charge in [0.15, 0.2) is 0 Å². The molecule has 1 aliphatic carbocycles. The highest BCUT2D eigenvalue weighted by atomic mass is 16.5. The summed E-state index contributed by atoms with van der Waals surface area (Å²) in [6.45, 7) is 11.0. The molecule has 136 valence electrons. The number of nitrogens with zero attached hydrogens (tertiary/aromatic N) is 3. The predicted molar refractivity (Wildman–Crippen MR) is 95.2 cm³/mol. The summed E-state index contributed by atoms with van der Waals surface area (Å²) in [4.78, 5) is 26.5. The Morgan fingerprint density at radius 2 is 1.92 bits per heavy atom. The molecule has 0 aromatic carbocycles. The second-order valence-corrected chi connectivity index (χ2v) is 7.36. The molecule has 24 heavy (non-hydrogen) atoms. The first-order chi connectivity index (χ1) is 11.2. The largest absolute Gasteiger partial charge is 0.378 e. The molecule has 0 unspecified atom stereocenters. The summed E-state index contributed by atoms with van der Waals surface area (Å²) >= 11 is 0. The second-order valence-electron chi connectivity index (χ2n) is 7.36. The van der Waals surface area contributed by atoms with Crippen molar-refractivity contribution in [1.82, 2.24) is 14.0 Å². The number of ether oxygens (including phenoxy) is 1. The van der Waals surface area contributed by atoms with Gasteiger partial charge in [-0.1, -0.05) is 20.8 Å². The maximum Gasteiger partial charge on any atom is 0.330 e. The Hall–Kier alpha value is -1.40. The summed E-state index contributed by atoms with van der Waals surface area (Å²) in [5.41, 5.74) is 0.329. The average Bonchev–Trinajstić information content (AvgIpc) is 2.53. The maximum atomic E-state index is 12.2. The van der Waals surface area contributed by atoms with Gasteiger partial charge in [-0.3, -0.25) is 18.8 Å². The number of rotatable bonds is 7. The Labute approximate surface area is 144 Å². The van der Waals surface area contributed by atoms with Crippen LogP contribution < -0.4 is 11.2 Å². The smallest absolute Gasteiger partial charge is 0.330 e. The molecular formula is C18H31N3O3. The topological polar surface area (TPSA) is 56.5 Å². The van der Waals surface area contributed by atoms with Crippen molar-refractivity contribution in [1.29, 1.82) is 0 Å². The highest BCUT2D eigenvalue weighted by Gasteiger charge is 2.51. The first-order valence-corrected chi connectivity index (χ1v) is 8.85. The highest BCUT2D eigenvalue weighted by Crippen LogP contribution is 2.46. The van der Waals surface area contributed by atoms with Crippen LogP contribution in [-0.4, -0.2) is 39.3 Å². The molecule has 0 aliphatic heterocycles. The van der Waals surface area contributed by atoms with E-state index in [0.29, 0.717) is 12.6 Å². The fraction of sp³-hybridized carbons (Fsp3) is 0.778. The van der Waals surface area contributed by atoms with Gasteiger partial charge in [0, 0.05) is 50.5 Å². The summed E-state index contributed by atoms with van der Waals surface area (Å²) in [5, 5.41) is 0. The van der Waals surface area contributed by atoms with Gasteiger partial charge in [0.2, 0.25) is 0 Å². The molecular weight excluding hydrogens is 306 g/mol. The van der Waals surface area contributed by atoms with Crippen LogP contribution in [-0.2, 0) is 25.4 Å². The van der Waals surface area contributed by atoms with Gasteiger partial charge in [-0.05, 0) is 26.3 Å². The van der Waals surface area contributed by atoms with E-state index in [1.165, 1.54) is 7.05 Å². The Morgan fingerprint density at radius 1 is 1.25 bits per heavy atom. The van der Waals surface area contributed by atoms with Crippen molar-refractivity contribution >= 4 is 0 Å². The van der Waals surface area contributed by atoms with E-state index in [-0.39, 0.29) is 22.8 Å². The molecule has 0 amide bonds. The lowest BCUT2D eigenvalue weighted by atomic mass is 9.63. The quantitative estimate of drug-likeness (QED) is 0.757. The first-order valence-electron chi connectivity index (χ1n) is 8.85. The molecule has 6 heteroatoms. The van der Waals surface area contributed by atoms with Crippen molar-refractivity contribution in [3.05, 3.63) is 32.6 Å². The fourth-order valence-corrected chi connectivity index (χ4v) is 3.74. The molecule has 0 saturated heterocycles. The van der Waals surface area contributed by atoms with Crippen molar-refractivity contribution in [3.63, 3.8) is 0 Å². The third kappa shape index (κ3) is 3.35. The van der Waals surface area contributed by atoms with Crippen LogP contribution in [0, 0.1) is 5.41 Å². The third-order valence-corrected chi connectivity index (χ3v) is 5.44. The van der Waals surface area contributed by atoms with Crippen LogP contribution >= 0.6 is 0 Å². The Bertz CT molecular complexity index is 690. The van der Waals surface area contributed by atoms with Crippen LogP contribution in [0.3, 0.4) is 0 Å². The van der Waals surface area contributed by atoms with Crippen LogP contribution in [0.2, 0.25) is 0 Å². The minimum Gasteiger partial charge on any atom is -0.378 e. The third-order valence-electron chi connectivity index (χ3n) is 5.44. The van der Waals surface area contributed by atoms with Crippen LogP contribution in [0.15, 0.2) is 15.7 Å². The first kappa shape index (κ1) is 18.9. The summed E-state index contributed by atoms with van der Waals surface area (Å²) in [7, 11) is 3.25. The lowest BCUT2D eigenvalue weighted by Crippen LogP contribution is -2.62. The molecule has 6 nitrogen and oxygen atoms in total. The van der Waals surface area contributed by atoms with Gasteiger partial charge >= 0.3 is 5.69 Å². The molecule has 1 aliphatic rings. The highest BCUT2D eigenvalue weighted by molar-refractivity contribution is 5.07. The van der Waals surface area contributed by atoms with E-state index in [1.54, 1.807) is 17.7 Å². The summed E-state index contributed by atoms with van der Waals surface area (Å²) in [5.74, 6) is 0. The summed E-state index contributed by atoms with van der Waals surface area (Å²) in [6, 6.07) is 1.98. The monoisotopic (exact) mass is 337 g/mol. The van der Waals surface area contributed by atoms with E-state index in [1.807, 2.05) is 6.92 Å². The van der Waals surface area contributed by atoms with E-state index < -0.39 is 0 Å². The normalized spacial score (nSPS) is 22.6. The average molecular weight is 337 g/mol. The minimum atomic E-state index is -0.269. The van der Waals surface area contributed by atoms with Gasteiger partial charge in [0.1, 0.15) is 0 Å². The van der Waals surface area contributed by atoms with Crippen LogP contribution in [0.1, 0.15) is 46.2 Å². The molecule has 2 rings (SSSR count). The molecule has 1 heterocycles. The standard InChI is InChI=1S/C18H31N3O3/c1-7-9-21(14-11-15(24-8-2)18(14,3)4)12-13-10-16(22)20(6)17(23)19(13)5/h10,14-15H,7-9,11-12H2,1-6H3/t14-,15-/m0/s1. The second kappa shape index (κ2) is 7.23. The van der Waals surface area contributed by atoms with Gasteiger partial charge in [-0.15, -0.1) is 0 Å². The minimum absolute atomic E-state index is 0.0732. The van der Waals surface area contributed by atoms with E-state index in [0.717, 1.165) is 36.3 Å². The van der Waals surface area contributed by atoms with E-state index >= 15 is 0 Å².